The van der Waals surface area contributed by atoms with Gasteiger partial charge in [0.1, 0.15) is 5.75 Å². The summed E-state index contributed by atoms with van der Waals surface area (Å²) in [6, 6.07) is 15.4. The summed E-state index contributed by atoms with van der Waals surface area (Å²) < 4.78 is 10.3. The Morgan fingerprint density at radius 3 is 2.48 bits per heavy atom. The predicted octanol–water partition coefficient (Wildman–Crippen LogP) is 2.55. The summed E-state index contributed by atoms with van der Waals surface area (Å²) in [5.41, 5.74) is 3.60. The highest BCUT2D eigenvalue weighted by atomic mass is 16.5. The van der Waals surface area contributed by atoms with Gasteiger partial charge in [0, 0.05) is 25.9 Å². The molecule has 0 fully saturated rings. The molecule has 1 aliphatic rings. The van der Waals surface area contributed by atoms with Crippen LogP contribution >= 0.6 is 0 Å². The van der Waals surface area contributed by atoms with E-state index in [1.807, 2.05) is 59.3 Å². The van der Waals surface area contributed by atoms with Gasteiger partial charge in [0.05, 0.1) is 41.1 Å². The number of rotatable bonds is 2. The van der Waals surface area contributed by atoms with E-state index in [0.717, 1.165) is 32.9 Å². The van der Waals surface area contributed by atoms with Gasteiger partial charge >= 0.3 is 5.69 Å². The Balaban J connectivity index is 1.95. The second-order valence-electron chi connectivity index (χ2n) is 7.19. The van der Waals surface area contributed by atoms with E-state index in [0.29, 0.717) is 10.9 Å². The number of para-hydroxylation sites is 3. The highest BCUT2D eigenvalue weighted by molar-refractivity contribution is 5.86. The molecule has 2 aromatic carbocycles. The van der Waals surface area contributed by atoms with Gasteiger partial charge in [-0.2, -0.15) is 0 Å². The van der Waals surface area contributed by atoms with Gasteiger partial charge in [0.15, 0.2) is 0 Å². The maximum atomic E-state index is 12.9. The summed E-state index contributed by atoms with van der Waals surface area (Å²) in [7, 11) is 4.84. The van der Waals surface area contributed by atoms with Gasteiger partial charge in [0.25, 0.3) is 5.56 Å². The molecule has 0 saturated heterocycles. The SMILES string of the molecule is COc1ccccc1[C@H]1Nc2ccccc2-n2cc3c(=O)n(C)c(=O)n(C)c3c21. The van der Waals surface area contributed by atoms with Crippen LogP contribution in [0, 0.1) is 0 Å². The van der Waals surface area contributed by atoms with Gasteiger partial charge in [-0.15, -0.1) is 0 Å². The van der Waals surface area contributed by atoms with E-state index < -0.39 is 0 Å². The molecule has 146 valence electrons. The van der Waals surface area contributed by atoms with Gasteiger partial charge in [-0.3, -0.25) is 13.9 Å². The lowest BCUT2D eigenvalue weighted by Gasteiger charge is -2.30. The molecule has 7 heteroatoms. The van der Waals surface area contributed by atoms with E-state index in [-0.39, 0.29) is 17.3 Å². The summed E-state index contributed by atoms with van der Waals surface area (Å²) in [5, 5.41) is 4.08. The molecule has 7 nitrogen and oxygen atoms in total. The van der Waals surface area contributed by atoms with E-state index in [1.54, 1.807) is 18.7 Å². The molecule has 29 heavy (non-hydrogen) atoms. The summed E-state index contributed by atoms with van der Waals surface area (Å²) in [4.78, 5) is 25.6. The van der Waals surface area contributed by atoms with E-state index in [4.69, 9.17) is 4.74 Å². The van der Waals surface area contributed by atoms with Gasteiger partial charge in [-0.1, -0.05) is 30.3 Å². The number of anilines is 1. The standard InChI is InChI=1S/C22H20N4O3/c1-24-19-14(21(27)25(2)22(24)28)12-26-16-10-6-5-9-15(16)23-18(20(19)26)13-8-4-7-11-17(13)29-3/h4-12,18,23H,1-3H3/t18-/m1/s1. The smallest absolute Gasteiger partial charge is 0.331 e. The molecule has 0 unspecified atom stereocenters. The minimum Gasteiger partial charge on any atom is -0.496 e. The largest absolute Gasteiger partial charge is 0.496 e. The Kier molecular flexibility index (Phi) is 3.67. The number of methoxy groups -OCH3 is 1. The van der Waals surface area contributed by atoms with Crippen molar-refractivity contribution in [1.82, 2.24) is 13.7 Å². The Hall–Kier alpha value is -3.74. The quantitative estimate of drug-likeness (QED) is 0.573. The molecule has 0 radical (unpaired) electrons. The molecule has 0 bridgehead atoms. The van der Waals surface area contributed by atoms with Crippen molar-refractivity contribution in [3.63, 3.8) is 0 Å². The van der Waals surface area contributed by atoms with Crippen molar-refractivity contribution in [1.29, 1.82) is 0 Å². The lowest BCUT2D eigenvalue weighted by Crippen LogP contribution is -2.37. The fourth-order valence-corrected chi connectivity index (χ4v) is 4.24. The summed E-state index contributed by atoms with van der Waals surface area (Å²) in [5.74, 6) is 0.735. The minimum absolute atomic E-state index is 0.295. The highest BCUT2D eigenvalue weighted by Crippen LogP contribution is 2.42. The highest BCUT2D eigenvalue weighted by Gasteiger charge is 2.32. The van der Waals surface area contributed by atoms with Gasteiger partial charge in [0.2, 0.25) is 0 Å². The second-order valence-corrected chi connectivity index (χ2v) is 7.19. The molecule has 0 aliphatic carbocycles. The number of hydrogen-bond donors (Lipinski definition) is 1. The van der Waals surface area contributed by atoms with E-state index in [1.165, 1.54) is 7.05 Å². The number of ether oxygens (including phenoxy) is 1. The van der Waals surface area contributed by atoms with Gasteiger partial charge < -0.3 is 14.6 Å². The zero-order valence-corrected chi connectivity index (χ0v) is 16.3. The Bertz CT molecular complexity index is 1390. The van der Waals surface area contributed by atoms with E-state index in [2.05, 4.69) is 5.32 Å². The first-order valence-electron chi connectivity index (χ1n) is 9.32. The number of nitrogens with zero attached hydrogens (tertiary/aromatic N) is 3. The van der Waals surface area contributed by atoms with Crippen molar-refractivity contribution in [3.05, 3.63) is 86.8 Å². The molecule has 1 aliphatic heterocycles. The summed E-state index contributed by atoms with van der Waals surface area (Å²) >= 11 is 0. The third kappa shape index (κ3) is 2.30. The molecule has 0 amide bonds. The van der Waals surface area contributed by atoms with Crippen LogP contribution in [0.3, 0.4) is 0 Å². The molecule has 0 saturated carbocycles. The maximum Gasteiger partial charge on any atom is 0.331 e. The fourth-order valence-electron chi connectivity index (χ4n) is 4.24. The zero-order chi connectivity index (χ0) is 20.3. The van der Waals surface area contributed by atoms with Crippen molar-refractivity contribution < 1.29 is 4.74 Å². The van der Waals surface area contributed by atoms with Crippen LogP contribution < -0.4 is 21.3 Å². The van der Waals surface area contributed by atoms with Crippen LogP contribution in [-0.2, 0) is 14.1 Å². The van der Waals surface area contributed by atoms with Crippen LogP contribution in [0.4, 0.5) is 5.69 Å². The third-order valence-corrected chi connectivity index (χ3v) is 5.65. The van der Waals surface area contributed by atoms with Crippen LogP contribution in [0.1, 0.15) is 17.3 Å². The Morgan fingerprint density at radius 1 is 0.966 bits per heavy atom. The van der Waals surface area contributed by atoms with Crippen molar-refractivity contribution in [3.8, 4) is 11.4 Å². The third-order valence-electron chi connectivity index (χ3n) is 5.65. The first kappa shape index (κ1) is 17.4. The molecule has 0 spiro atoms. The normalized spacial score (nSPS) is 14.9. The van der Waals surface area contributed by atoms with Crippen LogP contribution in [0.25, 0.3) is 16.6 Å². The Morgan fingerprint density at radius 2 is 1.69 bits per heavy atom. The zero-order valence-electron chi connectivity index (χ0n) is 16.3. The predicted molar refractivity (Wildman–Crippen MR) is 112 cm³/mol. The lowest BCUT2D eigenvalue weighted by atomic mass is 9.98. The first-order valence-corrected chi connectivity index (χ1v) is 9.32. The molecule has 4 aromatic rings. The van der Waals surface area contributed by atoms with E-state index >= 15 is 0 Å². The van der Waals surface area contributed by atoms with Crippen molar-refractivity contribution in [2.45, 2.75) is 6.04 Å². The van der Waals surface area contributed by atoms with Crippen molar-refractivity contribution in [2.75, 3.05) is 12.4 Å². The van der Waals surface area contributed by atoms with Crippen LogP contribution in [0.5, 0.6) is 5.75 Å². The number of hydrogen-bond acceptors (Lipinski definition) is 4. The van der Waals surface area contributed by atoms with Gasteiger partial charge in [-0.25, -0.2) is 4.79 Å². The molecule has 5 rings (SSSR count). The number of nitrogens with one attached hydrogen (secondary N) is 1. The minimum atomic E-state index is -0.353. The lowest BCUT2D eigenvalue weighted by molar-refractivity contribution is 0.408. The molecule has 3 heterocycles. The van der Waals surface area contributed by atoms with E-state index in [9.17, 15) is 9.59 Å². The number of aryl methyl sites for hydroxylation is 1. The maximum absolute atomic E-state index is 12.9. The summed E-state index contributed by atoms with van der Waals surface area (Å²) in [6.07, 6.45) is 1.83. The van der Waals surface area contributed by atoms with Crippen LogP contribution in [-0.4, -0.2) is 20.8 Å². The number of aromatic nitrogens is 3. The van der Waals surface area contributed by atoms with Crippen LogP contribution in [0.15, 0.2) is 64.3 Å². The molecule has 2 aromatic heterocycles. The molecular weight excluding hydrogens is 368 g/mol. The average molecular weight is 388 g/mol. The molecule has 1 N–H and O–H groups in total. The second kappa shape index (κ2) is 6.13. The van der Waals surface area contributed by atoms with Crippen LogP contribution in [0.2, 0.25) is 0 Å². The summed E-state index contributed by atoms with van der Waals surface area (Å²) in [6.45, 7) is 0. The van der Waals surface area contributed by atoms with Gasteiger partial charge in [-0.05, 0) is 18.2 Å². The molecule has 1 atom stereocenters. The van der Waals surface area contributed by atoms with Crippen molar-refractivity contribution >= 4 is 16.6 Å². The molecular formula is C22H20N4O3. The number of fused-ring (bicyclic) bond motifs is 5. The van der Waals surface area contributed by atoms with Crippen molar-refractivity contribution in [2.24, 2.45) is 14.1 Å². The number of benzene rings is 2. The monoisotopic (exact) mass is 388 g/mol. The Labute approximate surface area is 166 Å². The topological polar surface area (TPSA) is 70.2 Å². The fraction of sp³-hybridized carbons (Fsp3) is 0.182. The average Bonchev–Trinajstić information content (AvgIpc) is 3.17. The first-order chi connectivity index (χ1) is 14.0.